The van der Waals surface area contributed by atoms with Gasteiger partial charge in [-0.05, 0) is 31.9 Å². The molecule has 5 nitrogen and oxygen atoms in total. The molecule has 1 saturated heterocycles. The molecule has 5 heteroatoms. The first-order chi connectivity index (χ1) is 10.5. The third-order valence-electron chi connectivity index (χ3n) is 4.31. The molecule has 1 heterocycles. The maximum Gasteiger partial charge on any atom is 0.241 e. The molecule has 1 aromatic rings. The van der Waals surface area contributed by atoms with Crippen LogP contribution in [0, 0.1) is 6.92 Å². The molecule has 120 valence electrons. The van der Waals surface area contributed by atoms with Crippen molar-refractivity contribution in [1.29, 1.82) is 0 Å². The van der Waals surface area contributed by atoms with E-state index in [1.165, 1.54) is 0 Å². The van der Waals surface area contributed by atoms with Crippen molar-refractivity contribution in [2.45, 2.75) is 33.2 Å². The second-order valence-electron chi connectivity index (χ2n) is 5.88. The zero-order valence-electron chi connectivity index (χ0n) is 13.6. The van der Waals surface area contributed by atoms with Gasteiger partial charge in [0.25, 0.3) is 0 Å². The average Bonchev–Trinajstić information content (AvgIpc) is 2.74. The van der Waals surface area contributed by atoms with E-state index < -0.39 is 0 Å². The highest BCUT2D eigenvalue weighted by molar-refractivity contribution is 5.95. The summed E-state index contributed by atoms with van der Waals surface area (Å²) in [7, 11) is 0. The smallest absolute Gasteiger partial charge is 0.241 e. The molecular weight excluding hydrogens is 278 g/mol. The first-order valence-corrected chi connectivity index (χ1v) is 7.85. The molecule has 1 atom stereocenters. The van der Waals surface area contributed by atoms with Gasteiger partial charge < -0.3 is 10.2 Å². The lowest BCUT2D eigenvalue weighted by Crippen LogP contribution is -2.44. The average molecular weight is 303 g/mol. The number of para-hydroxylation sites is 1. The Kier molecular flexibility index (Phi) is 5.55. The van der Waals surface area contributed by atoms with Crippen molar-refractivity contribution >= 4 is 17.5 Å². The molecule has 0 spiro atoms. The van der Waals surface area contributed by atoms with E-state index in [1.807, 2.05) is 43.0 Å². The van der Waals surface area contributed by atoms with Gasteiger partial charge in [0.15, 0.2) is 0 Å². The number of amides is 2. The number of benzene rings is 1. The van der Waals surface area contributed by atoms with Crippen LogP contribution in [0.2, 0.25) is 0 Å². The standard InChI is InChI=1S/C17H25N3O2/c1-13-7-4-5-8-16(13)18-17(22)14(2)19-9-6-10-20(12-11-19)15(3)21/h4-5,7-8,14H,6,9-12H2,1-3H3,(H,18,22)/t14-/m1/s1. The number of hydrogen-bond acceptors (Lipinski definition) is 3. The van der Waals surface area contributed by atoms with Crippen molar-refractivity contribution in [2.24, 2.45) is 0 Å². The molecule has 2 amide bonds. The van der Waals surface area contributed by atoms with Gasteiger partial charge in [-0.15, -0.1) is 0 Å². The summed E-state index contributed by atoms with van der Waals surface area (Å²) in [5.41, 5.74) is 1.92. The summed E-state index contributed by atoms with van der Waals surface area (Å²) in [6.45, 7) is 8.56. The maximum atomic E-state index is 12.5. The second-order valence-corrected chi connectivity index (χ2v) is 5.88. The highest BCUT2D eigenvalue weighted by atomic mass is 16.2. The van der Waals surface area contributed by atoms with Gasteiger partial charge in [-0.3, -0.25) is 14.5 Å². The summed E-state index contributed by atoms with van der Waals surface area (Å²) in [6.07, 6.45) is 0.904. The highest BCUT2D eigenvalue weighted by Crippen LogP contribution is 2.15. The summed E-state index contributed by atoms with van der Waals surface area (Å²) >= 11 is 0. The summed E-state index contributed by atoms with van der Waals surface area (Å²) in [5.74, 6) is 0.115. The number of hydrogen-bond donors (Lipinski definition) is 1. The van der Waals surface area contributed by atoms with Gasteiger partial charge in [0, 0.05) is 38.8 Å². The van der Waals surface area contributed by atoms with Crippen LogP contribution in [0.15, 0.2) is 24.3 Å². The minimum Gasteiger partial charge on any atom is -0.342 e. The summed E-state index contributed by atoms with van der Waals surface area (Å²) in [6, 6.07) is 7.58. The van der Waals surface area contributed by atoms with Gasteiger partial charge in [-0.1, -0.05) is 18.2 Å². The zero-order chi connectivity index (χ0) is 16.1. The first kappa shape index (κ1) is 16.5. The van der Waals surface area contributed by atoms with Crippen LogP contribution in [0.5, 0.6) is 0 Å². The highest BCUT2D eigenvalue weighted by Gasteiger charge is 2.24. The molecule has 0 aromatic heterocycles. The fourth-order valence-corrected chi connectivity index (χ4v) is 2.76. The number of carbonyl (C=O) groups excluding carboxylic acids is 2. The molecule has 1 aliphatic rings. The molecule has 0 saturated carbocycles. The van der Waals surface area contributed by atoms with Gasteiger partial charge in [0.1, 0.15) is 0 Å². The van der Waals surface area contributed by atoms with Gasteiger partial charge in [-0.25, -0.2) is 0 Å². The number of carbonyl (C=O) groups is 2. The Labute approximate surface area is 132 Å². The number of nitrogens with one attached hydrogen (secondary N) is 1. The maximum absolute atomic E-state index is 12.5. The quantitative estimate of drug-likeness (QED) is 0.927. The number of aryl methyl sites for hydroxylation is 1. The van der Waals surface area contributed by atoms with Crippen LogP contribution < -0.4 is 5.32 Å². The van der Waals surface area contributed by atoms with E-state index in [9.17, 15) is 9.59 Å². The van der Waals surface area contributed by atoms with Crippen molar-refractivity contribution in [3.63, 3.8) is 0 Å². The minimum atomic E-state index is -0.202. The predicted molar refractivity (Wildman–Crippen MR) is 87.7 cm³/mol. The Bertz CT molecular complexity index is 544. The summed E-state index contributed by atoms with van der Waals surface area (Å²) in [5, 5.41) is 3.00. The van der Waals surface area contributed by atoms with E-state index in [4.69, 9.17) is 0 Å². The molecule has 0 radical (unpaired) electrons. The molecule has 1 N–H and O–H groups in total. The van der Waals surface area contributed by atoms with Crippen molar-refractivity contribution in [1.82, 2.24) is 9.80 Å². The van der Waals surface area contributed by atoms with E-state index in [-0.39, 0.29) is 17.9 Å². The largest absolute Gasteiger partial charge is 0.342 e. The van der Waals surface area contributed by atoms with Gasteiger partial charge >= 0.3 is 0 Å². The van der Waals surface area contributed by atoms with E-state index >= 15 is 0 Å². The Morgan fingerprint density at radius 2 is 1.86 bits per heavy atom. The molecule has 2 rings (SSSR count). The SMILES string of the molecule is CC(=O)N1CCCN([C@H](C)C(=O)Nc2ccccc2C)CC1. The molecule has 1 aliphatic heterocycles. The Morgan fingerprint density at radius 3 is 2.55 bits per heavy atom. The lowest BCUT2D eigenvalue weighted by Gasteiger charge is -2.27. The third-order valence-corrected chi connectivity index (χ3v) is 4.31. The van der Waals surface area contributed by atoms with Gasteiger partial charge in [0.2, 0.25) is 11.8 Å². The number of nitrogens with zero attached hydrogens (tertiary/aromatic N) is 2. The minimum absolute atomic E-state index is 0.00516. The molecule has 1 aromatic carbocycles. The van der Waals surface area contributed by atoms with E-state index in [0.717, 1.165) is 37.3 Å². The Morgan fingerprint density at radius 1 is 1.14 bits per heavy atom. The van der Waals surface area contributed by atoms with Crippen LogP contribution in [-0.2, 0) is 9.59 Å². The lowest BCUT2D eigenvalue weighted by atomic mass is 10.2. The van der Waals surface area contributed by atoms with E-state index in [1.54, 1.807) is 6.92 Å². The van der Waals surface area contributed by atoms with E-state index in [2.05, 4.69) is 10.2 Å². The zero-order valence-corrected chi connectivity index (χ0v) is 13.6. The molecular formula is C17H25N3O2. The van der Waals surface area contributed by atoms with Crippen molar-refractivity contribution < 1.29 is 9.59 Å². The topological polar surface area (TPSA) is 52.7 Å². The third kappa shape index (κ3) is 4.07. The molecule has 0 unspecified atom stereocenters. The van der Waals surface area contributed by atoms with Crippen molar-refractivity contribution in [3.05, 3.63) is 29.8 Å². The van der Waals surface area contributed by atoms with Crippen LogP contribution in [0.1, 0.15) is 25.8 Å². The number of anilines is 1. The molecule has 0 aliphatic carbocycles. The lowest BCUT2D eigenvalue weighted by molar-refractivity contribution is -0.128. The van der Waals surface area contributed by atoms with Crippen molar-refractivity contribution in [3.8, 4) is 0 Å². The first-order valence-electron chi connectivity index (χ1n) is 7.85. The van der Waals surface area contributed by atoms with Crippen LogP contribution in [0.25, 0.3) is 0 Å². The monoisotopic (exact) mass is 303 g/mol. The summed E-state index contributed by atoms with van der Waals surface area (Å²) in [4.78, 5) is 27.9. The predicted octanol–water partition coefficient (Wildman–Crippen LogP) is 1.88. The van der Waals surface area contributed by atoms with E-state index in [0.29, 0.717) is 6.54 Å². The normalized spacial score (nSPS) is 17.7. The van der Waals surface area contributed by atoms with Crippen LogP contribution in [-0.4, -0.2) is 53.8 Å². The fraction of sp³-hybridized carbons (Fsp3) is 0.529. The van der Waals surface area contributed by atoms with Crippen LogP contribution >= 0.6 is 0 Å². The van der Waals surface area contributed by atoms with Gasteiger partial charge in [-0.2, -0.15) is 0 Å². The van der Waals surface area contributed by atoms with Crippen molar-refractivity contribution in [2.75, 3.05) is 31.5 Å². The molecule has 1 fully saturated rings. The molecule has 0 bridgehead atoms. The van der Waals surface area contributed by atoms with Crippen LogP contribution in [0.3, 0.4) is 0 Å². The number of rotatable bonds is 3. The second kappa shape index (κ2) is 7.40. The summed E-state index contributed by atoms with van der Waals surface area (Å²) < 4.78 is 0. The Balaban J connectivity index is 1.96. The molecule has 22 heavy (non-hydrogen) atoms. The fourth-order valence-electron chi connectivity index (χ4n) is 2.76. The van der Waals surface area contributed by atoms with Gasteiger partial charge in [0.05, 0.1) is 6.04 Å². The van der Waals surface area contributed by atoms with Crippen LogP contribution in [0.4, 0.5) is 5.69 Å². The Hall–Kier alpha value is -1.88.